The SMILES string of the molecule is Cc1cccc(C(=O)O)c1-c1ccc(C(C)(C)C)cc1.Cc1cccc(C(=O)O)c1Br.Cc1cccc(C(=O)OCc2ccccc2)c1-c1ccc(C(C)(C)C)cc1.Cc1cccc(C(=O)OCc2ccccc2)c1Br. The molecule has 8 nitrogen and oxygen atoms in total. The molecule has 0 aliphatic heterocycles. The molecular weight excluding hydrogens is 1080 g/mol. The van der Waals surface area contributed by atoms with Crippen LogP contribution in [0.15, 0.2) is 191 Å². The Balaban J connectivity index is 0.000000195. The summed E-state index contributed by atoms with van der Waals surface area (Å²) in [7, 11) is 0. The minimum absolute atomic E-state index is 0.0971. The fourth-order valence-corrected chi connectivity index (χ4v) is 8.80. The molecule has 0 unspecified atom stereocenters. The topological polar surface area (TPSA) is 127 Å². The van der Waals surface area contributed by atoms with E-state index in [1.807, 2.05) is 143 Å². The van der Waals surface area contributed by atoms with Crippen molar-refractivity contribution >= 4 is 55.7 Å². The molecule has 0 radical (unpaired) electrons. The molecule has 0 aromatic heterocycles. The normalized spacial score (nSPS) is 10.8. The van der Waals surface area contributed by atoms with E-state index in [1.54, 1.807) is 30.3 Å². The average molecular weight is 1150 g/mol. The highest BCUT2D eigenvalue weighted by Gasteiger charge is 2.20. The first kappa shape index (κ1) is 59.5. The first-order chi connectivity index (χ1) is 36.0. The largest absolute Gasteiger partial charge is 0.478 e. The van der Waals surface area contributed by atoms with Gasteiger partial charge in [0.25, 0.3) is 0 Å². The Labute approximate surface area is 465 Å². The van der Waals surface area contributed by atoms with Crippen LogP contribution in [0, 0.1) is 27.7 Å². The number of aryl methyl sites for hydroxylation is 4. The molecular formula is C66H66Br2O8. The predicted octanol–water partition coefficient (Wildman–Crippen LogP) is 17.5. The molecule has 8 aromatic carbocycles. The van der Waals surface area contributed by atoms with Crippen molar-refractivity contribution in [3.8, 4) is 22.3 Å². The van der Waals surface area contributed by atoms with Crippen LogP contribution in [0.3, 0.4) is 0 Å². The van der Waals surface area contributed by atoms with E-state index in [0.29, 0.717) is 33.3 Å². The number of benzene rings is 8. The molecule has 0 bridgehead atoms. The highest BCUT2D eigenvalue weighted by molar-refractivity contribution is 9.11. The minimum atomic E-state index is -0.902. The maximum atomic E-state index is 12.8. The van der Waals surface area contributed by atoms with Gasteiger partial charge in [-0.15, -0.1) is 0 Å². The third-order valence-corrected chi connectivity index (χ3v) is 14.4. The van der Waals surface area contributed by atoms with E-state index < -0.39 is 11.9 Å². The van der Waals surface area contributed by atoms with Crippen LogP contribution >= 0.6 is 31.9 Å². The molecule has 0 aliphatic carbocycles. The Hall–Kier alpha value is -7.40. The van der Waals surface area contributed by atoms with E-state index in [1.165, 1.54) is 11.1 Å². The third kappa shape index (κ3) is 16.8. The molecule has 0 atom stereocenters. The van der Waals surface area contributed by atoms with Gasteiger partial charge >= 0.3 is 23.9 Å². The van der Waals surface area contributed by atoms with Crippen molar-refractivity contribution in [2.24, 2.45) is 0 Å². The van der Waals surface area contributed by atoms with Crippen LogP contribution in [-0.4, -0.2) is 34.1 Å². The smallest absolute Gasteiger partial charge is 0.339 e. The molecule has 0 aliphatic rings. The highest BCUT2D eigenvalue weighted by atomic mass is 79.9. The molecule has 0 saturated carbocycles. The summed E-state index contributed by atoms with van der Waals surface area (Å²) in [5, 5.41) is 18.0. The van der Waals surface area contributed by atoms with Crippen molar-refractivity contribution < 1.29 is 38.9 Å². The van der Waals surface area contributed by atoms with E-state index in [0.717, 1.165) is 60.1 Å². The van der Waals surface area contributed by atoms with Crippen molar-refractivity contribution in [3.05, 3.63) is 258 Å². The van der Waals surface area contributed by atoms with Crippen molar-refractivity contribution in [2.45, 2.75) is 93.3 Å². The second kappa shape index (κ2) is 27.4. The summed E-state index contributed by atoms with van der Waals surface area (Å²) in [4.78, 5) is 46.6. The molecule has 8 aromatic rings. The molecule has 8 rings (SSSR count). The first-order valence-corrected chi connectivity index (χ1v) is 26.4. The van der Waals surface area contributed by atoms with Crippen LogP contribution in [0.5, 0.6) is 0 Å². The Kier molecular flexibility index (Phi) is 21.4. The number of hydrogen-bond acceptors (Lipinski definition) is 6. The van der Waals surface area contributed by atoms with Gasteiger partial charge in [-0.25, -0.2) is 19.2 Å². The van der Waals surface area contributed by atoms with Gasteiger partial charge in [0.2, 0.25) is 0 Å². The number of carbonyl (C=O) groups excluding carboxylic acids is 2. The number of hydrogen-bond donors (Lipinski definition) is 2. The number of ether oxygens (including phenoxy) is 2. The lowest BCUT2D eigenvalue weighted by Crippen LogP contribution is -2.11. The lowest BCUT2D eigenvalue weighted by molar-refractivity contribution is 0.0463. The van der Waals surface area contributed by atoms with Gasteiger partial charge < -0.3 is 19.7 Å². The van der Waals surface area contributed by atoms with Crippen LogP contribution in [0.2, 0.25) is 0 Å². The summed E-state index contributed by atoms with van der Waals surface area (Å²) in [6.45, 7) is 21.4. The molecule has 2 N–H and O–H groups in total. The van der Waals surface area contributed by atoms with Gasteiger partial charge in [0.15, 0.2) is 0 Å². The molecule has 76 heavy (non-hydrogen) atoms. The lowest BCUT2D eigenvalue weighted by Gasteiger charge is -2.20. The van der Waals surface area contributed by atoms with Gasteiger partial charge in [-0.1, -0.05) is 199 Å². The zero-order valence-corrected chi connectivity index (χ0v) is 48.0. The molecule has 0 saturated heterocycles. The first-order valence-electron chi connectivity index (χ1n) is 24.8. The zero-order valence-electron chi connectivity index (χ0n) is 44.8. The van der Waals surface area contributed by atoms with Crippen LogP contribution < -0.4 is 0 Å². The molecule has 0 fully saturated rings. The second-order valence-corrected chi connectivity index (χ2v) is 21.8. The Morgan fingerprint density at radius 2 is 0.697 bits per heavy atom. The minimum Gasteiger partial charge on any atom is -0.478 e. The molecule has 10 heteroatoms. The van der Waals surface area contributed by atoms with E-state index >= 15 is 0 Å². The molecule has 0 heterocycles. The quantitative estimate of drug-likeness (QED) is 0.130. The van der Waals surface area contributed by atoms with Crippen LogP contribution in [0.1, 0.15) is 127 Å². The monoisotopic (exact) mass is 1140 g/mol. The number of carboxylic acids is 2. The molecule has 392 valence electrons. The van der Waals surface area contributed by atoms with Gasteiger partial charge in [0.05, 0.1) is 22.3 Å². The van der Waals surface area contributed by atoms with Gasteiger partial charge in [0, 0.05) is 8.95 Å². The number of carbonyl (C=O) groups is 4. The maximum Gasteiger partial charge on any atom is 0.339 e. The summed E-state index contributed by atoms with van der Waals surface area (Å²) >= 11 is 6.61. The number of esters is 2. The van der Waals surface area contributed by atoms with Crippen molar-refractivity contribution in [2.75, 3.05) is 0 Å². The highest BCUT2D eigenvalue weighted by Crippen LogP contribution is 2.33. The molecule has 0 amide bonds. The van der Waals surface area contributed by atoms with Crippen molar-refractivity contribution in [3.63, 3.8) is 0 Å². The lowest BCUT2D eigenvalue weighted by atomic mass is 9.85. The standard InChI is InChI=1S/C25H26O2.C18H20O2.C15H13BrO2.C8H7BrO2/c1-18-9-8-12-22(24(26)27-17-19-10-6-5-7-11-19)23(18)20-13-15-21(16-14-20)25(2,3)4;1-12-6-5-7-15(17(19)20)16(12)13-8-10-14(11-9-13)18(2,3)4;1-11-6-5-9-13(14(11)16)15(17)18-10-12-7-3-2-4-8-12;1-5-3-2-4-6(7(5)9)8(10)11/h5-16H,17H2,1-4H3;5-11H,1-4H3,(H,19,20);2-9H,10H2,1H3;2-4H,1H3,(H,10,11). The number of rotatable bonds is 10. The average Bonchev–Trinajstić information content (AvgIpc) is 3.39. The predicted molar refractivity (Wildman–Crippen MR) is 313 cm³/mol. The number of carboxylic acid groups (broad SMARTS) is 2. The van der Waals surface area contributed by atoms with E-state index in [9.17, 15) is 24.3 Å². The Bertz CT molecular complexity index is 3240. The second-order valence-electron chi connectivity index (χ2n) is 20.3. The van der Waals surface area contributed by atoms with Crippen LogP contribution in [-0.2, 0) is 33.5 Å². The van der Waals surface area contributed by atoms with Gasteiger partial charge in [-0.3, -0.25) is 0 Å². The zero-order chi connectivity index (χ0) is 55.7. The number of aromatic carboxylic acids is 2. The molecule has 0 spiro atoms. The van der Waals surface area contributed by atoms with Gasteiger partial charge in [-0.2, -0.15) is 0 Å². The van der Waals surface area contributed by atoms with E-state index in [2.05, 4.69) is 110 Å². The Morgan fingerprint density at radius 1 is 0.382 bits per heavy atom. The van der Waals surface area contributed by atoms with Crippen LogP contribution in [0.4, 0.5) is 0 Å². The maximum absolute atomic E-state index is 12.8. The summed E-state index contributed by atoms with van der Waals surface area (Å²) in [5.74, 6) is -2.39. The van der Waals surface area contributed by atoms with Crippen LogP contribution in [0.25, 0.3) is 22.3 Å². The van der Waals surface area contributed by atoms with E-state index in [4.69, 9.17) is 14.6 Å². The van der Waals surface area contributed by atoms with Gasteiger partial charge in [0.1, 0.15) is 13.2 Å². The number of halogens is 2. The fourth-order valence-electron chi connectivity index (χ4n) is 7.94. The summed E-state index contributed by atoms with van der Waals surface area (Å²) in [6, 6.07) is 57.9. The fraction of sp³-hybridized carbons (Fsp3) is 0.212. The van der Waals surface area contributed by atoms with Gasteiger partial charge in [-0.05, 0) is 161 Å². The van der Waals surface area contributed by atoms with Crippen molar-refractivity contribution in [1.82, 2.24) is 0 Å². The summed E-state index contributed by atoms with van der Waals surface area (Å²) < 4.78 is 12.3. The summed E-state index contributed by atoms with van der Waals surface area (Å²) in [5.41, 5.74) is 14.2. The third-order valence-electron chi connectivity index (χ3n) is 12.3. The summed E-state index contributed by atoms with van der Waals surface area (Å²) in [6.07, 6.45) is 0. The van der Waals surface area contributed by atoms with E-state index in [-0.39, 0.29) is 29.4 Å². The van der Waals surface area contributed by atoms with Crippen molar-refractivity contribution in [1.29, 1.82) is 0 Å². The Morgan fingerprint density at radius 3 is 1.07 bits per heavy atom.